The Hall–Kier alpha value is -2.60. The molecule has 138 valence electrons. The SMILES string of the molecule is CCCCNC(=O)c1ccc(Nc2ccccc2N2CCOCC2)cn1. The summed E-state index contributed by atoms with van der Waals surface area (Å²) in [6, 6.07) is 11.8. The summed E-state index contributed by atoms with van der Waals surface area (Å²) < 4.78 is 5.44. The van der Waals surface area contributed by atoms with Gasteiger partial charge in [-0.2, -0.15) is 0 Å². The number of nitrogens with zero attached hydrogens (tertiary/aromatic N) is 2. The molecule has 0 saturated carbocycles. The quantitative estimate of drug-likeness (QED) is 0.748. The number of rotatable bonds is 7. The number of aromatic nitrogens is 1. The molecule has 0 unspecified atom stereocenters. The largest absolute Gasteiger partial charge is 0.378 e. The van der Waals surface area contributed by atoms with Gasteiger partial charge in [-0.05, 0) is 30.7 Å². The van der Waals surface area contributed by atoms with Crippen LogP contribution in [-0.4, -0.2) is 43.7 Å². The molecule has 1 aromatic carbocycles. The first-order valence-corrected chi connectivity index (χ1v) is 9.21. The molecule has 2 aromatic rings. The Morgan fingerprint density at radius 1 is 1.19 bits per heavy atom. The standard InChI is InChI=1S/C20H26N4O2/c1-2-3-10-21-20(25)18-9-8-16(15-22-18)23-17-6-4-5-7-19(17)24-11-13-26-14-12-24/h4-9,15,23H,2-3,10-14H2,1H3,(H,21,25). The predicted molar refractivity (Wildman–Crippen MR) is 104 cm³/mol. The third kappa shape index (κ3) is 4.73. The Balaban J connectivity index is 1.67. The molecule has 3 rings (SSSR count). The van der Waals surface area contributed by atoms with Gasteiger partial charge < -0.3 is 20.3 Å². The van der Waals surface area contributed by atoms with E-state index in [0.29, 0.717) is 12.2 Å². The van der Waals surface area contributed by atoms with E-state index in [1.807, 2.05) is 18.2 Å². The minimum absolute atomic E-state index is 0.126. The number of unbranched alkanes of at least 4 members (excludes halogenated alkanes) is 1. The third-order valence-corrected chi connectivity index (χ3v) is 4.35. The number of anilines is 3. The fourth-order valence-electron chi connectivity index (χ4n) is 2.89. The molecule has 2 N–H and O–H groups in total. The van der Waals surface area contributed by atoms with E-state index in [4.69, 9.17) is 4.74 Å². The highest BCUT2D eigenvalue weighted by molar-refractivity contribution is 5.92. The van der Waals surface area contributed by atoms with Gasteiger partial charge in [0, 0.05) is 19.6 Å². The second-order valence-corrected chi connectivity index (χ2v) is 6.28. The van der Waals surface area contributed by atoms with Crippen molar-refractivity contribution in [2.75, 3.05) is 43.1 Å². The van der Waals surface area contributed by atoms with E-state index in [0.717, 1.165) is 56.2 Å². The van der Waals surface area contributed by atoms with Gasteiger partial charge in [0.25, 0.3) is 5.91 Å². The molecule has 1 aliphatic heterocycles. The van der Waals surface area contributed by atoms with Crippen LogP contribution in [0.4, 0.5) is 17.1 Å². The van der Waals surface area contributed by atoms with E-state index in [1.165, 1.54) is 0 Å². The maximum absolute atomic E-state index is 12.0. The lowest BCUT2D eigenvalue weighted by molar-refractivity contribution is 0.0948. The van der Waals surface area contributed by atoms with Crippen molar-refractivity contribution in [2.45, 2.75) is 19.8 Å². The van der Waals surface area contributed by atoms with Crippen molar-refractivity contribution in [1.82, 2.24) is 10.3 Å². The van der Waals surface area contributed by atoms with Crippen molar-refractivity contribution in [3.63, 3.8) is 0 Å². The summed E-state index contributed by atoms with van der Waals surface area (Å²) in [5.41, 5.74) is 3.47. The van der Waals surface area contributed by atoms with E-state index >= 15 is 0 Å². The van der Waals surface area contributed by atoms with Crippen LogP contribution in [0.5, 0.6) is 0 Å². The van der Waals surface area contributed by atoms with Crippen molar-refractivity contribution in [3.8, 4) is 0 Å². The van der Waals surface area contributed by atoms with Gasteiger partial charge in [0.1, 0.15) is 5.69 Å². The smallest absolute Gasteiger partial charge is 0.269 e. The number of hydrogen-bond donors (Lipinski definition) is 2. The second kappa shape index (κ2) is 9.20. The number of pyridine rings is 1. The number of hydrogen-bond acceptors (Lipinski definition) is 5. The second-order valence-electron chi connectivity index (χ2n) is 6.28. The zero-order chi connectivity index (χ0) is 18.2. The molecule has 0 spiro atoms. The Kier molecular flexibility index (Phi) is 6.44. The molecule has 2 heterocycles. The lowest BCUT2D eigenvalue weighted by Crippen LogP contribution is -2.36. The van der Waals surface area contributed by atoms with E-state index in [1.54, 1.807) is 12.3 Å². The number of nitrogens with one attached hydrogen (secondary N) is 2. The first-order valence-electron chi connectivity index (χ1n) is 9.21. The van der Waals surface area contributed by atoms with Gasteiger partial charge in [-0.15, -0.1) is 0 Å². The number of carbonyl (C=O) groups excluding carboxylic acids is 1. The van der Waals surface area contributed by atoms with Crippen LogP contribution in [0.1, 0.15) is 30.3 Å². The van der Waals surface area contributed by atoms with Gasteiger partial charge in [0.05, 0.1) is 36.5 Å². The third-order valence-electron chi connectivity index (χ3n) is 4.35. The zero-order valence-corrected chi connectivity index (χ0v) is 15.2. The number of benzene rings is 1. The summed E-state index contributed by atoms with van der Waals surface area (Å²) in [6.07, 6.45) is 3.73. The summed E-state index contributed by atoms with van der Waals surface area (Å²) in [7, 11) is 0. The molecule has 1 fully saturated rings. The first-order chi connectivity index (χ1) is 12.8. The van der Waals surface area contributed by atoms with Crippen LogP contribution in [0.25, 0.3) is 0 Å². The summed E-state index contributed by atoms with van der Waals surface area (Å²) >= 11 is 0. The fourth-order valence-corrected chi connectivity index (χ4v) is 2.89. The molecule has 1 saturated heterocycles. The van der Waals surface area contributed by atoms with E-state index in [9.17, 15) is 4.79 Å². The molecule has 1 aliphatic rings. The van der Waals surface area contributed by atoms with Gasteiger partial charge in [-0.3, -0.25) is 4.79 Å². The van der Waals surface area contributed by atoms with Gasteiger partial charge in [0.2, 0.25) is 0 Å². The predicted octanol–water partition coefficient (Wildman–Crippen LogP) is 3.19. The average Bonchev–Trinajstić information content (AvgIpc) is 2.70. The number of amides is 1. The van der Waals surface area contributed by atoms with Crippen molar-refractivity contribution in [1.29, 1.82) is 0 Å². The molecule has 6 heteroatoms. The highest BCUT2D eigenvalue weighted by Crippen LogP contribution is 2.29. The van der Waals surface area contributed by atoms with Crippen LogP contribution in [0.3, 0.4) is 0 Å². The molecule has 1 amide bonds. The van der Waals surface area contributed by atoms with Crippen LogP contribution in [-0.2, 0) is 4.74 Å². The molecular formula is C20H26N4O2. The zero-order valence-electron chi connectivity index (χ0n) is 15.2. The fraction of sp³-hybridized carbons (Fsp3) is 0.400. The maximum atomic E-state index is 12.0. The summed E-state index contributed by atoms with van der Waals surface area (Å²) in [4.78, 5) is 18.6. The molecule has 26 heavy (non-hydrogen) atoms. The number of carbonyl (C=O) groups is 1. The first kappa shape index (κ1) is 18.2. The monoisotopic (exact) mass is 354 g/mol. The van der Waals surface area contributed by atoms with Gasteiger partial charge in [0.15, 0.2) is 0 Å². The van der Waals surface area contributed by atoms with Gasteiger partial charge >= 0.3 is 0 Å². The molecule has 0 radical (unpaired) electrons. The maximum Gasteiger partial charge on any atom is 0.269 e. The Morgan fingerprint density at radius 3 is 2.73 bits per heavy atom. The van der Waals surface area contributed by atoms with Crippen molar-refractivity contribution < 1.29 is 9.53 Å². The number of morpholine rings is 1. The molecule has 6 nitrogen and oxygen atoms in total. The number of para-hydroxylation sites is 2. The lowest BCUT2D eigenvalue weighted by Gasteiger charge is -2.30. The Labute approximate surface area is 154 Å². The van der Waals surface area contributed by atoms with E-state index in [2.05, 4.69) is 39.6 Å². The summed E-state index contributed by atoms with van der Waals surface area (Å²) in [5, 5.41) is 6.29. The molecule has 0 aliphatic carbocycles. The van der Waals surface area contributed by atoms with Gasteiger partial charge in [-0.1, -0.05) is 25.5 Å². The van der Waals surface area contributed by atoms with Crippen molar-refractivity contribution >= 4 is 23.0 Å². The minimum atomic E-state index is -0.126. The normalized spacial score (nSPS) is 14.1. The van der Waals surface area contributed by atoms with E-state index in [-0.39, 0.29) is 5.91 Å². The molecule has 0 bridgehead atoms. The van der Waals surface area contributed by atoms with Crippen LogP contribution < -0.4 is 15.5 Å². The lowest BCUT2D eigenvalue weighted by atomic mass is 10.2. The highest BCUT2D eigenvalue weighted by atomic mass is 16.5. The van der Waals surface area contributed by atoms with Crippen LogP contribution in [0, 0.1) is 0 Å². The average molecular weight is 354 g/mol. The van der Waals surface area contributed by atoms with Crippen LogP contribution in [0.15, 0.2) is 42.6 Å². The Morgan fingerprint density at radius 2 is 2.00 bits per heavy atom. The van der Waals surface area contributed by atoms with Crippen LogP contribution in [0.2, 0.25) is 0 Å². The Bertz CT molecular complexity index is 712. The van der Waals surface area contributed by atoms with Crippen LogP contribution >= 0.6 is 0 Å². The topological polar surface area (TPSA) is 66.5 Å². The molecule has 1 aromatic heterocycles. The minimum Gasteiger partial charge on any atom is -0.378 e. The molecular weight excluding hydrogens is 328 g/mol. The summed E-state index contributed by atoms with van der Waals surface area (Å²) in [6.45, 7) is 6.04. The summed E-state index contributed by atoms with van der Waals surface area (Å²) in [5.74, 6) is -0.126. The van der Waals surface area contributed by atoms with Crippen molar-refractivity contribution in [2.24, 2.45) is 0 Å². The molecule has 0 atom stereocenters. The van der Waals surface area contributed by atoms with E-state index < -0.39 is 0 Å². The highest BCUT2D eigenvalue weighted by Gasteiger charge is 2.14. The number of ether oxygens (including phenoxy) is 1. The van der Waals surface area contributed by atoms with Gasteiger partial charge in [-0.25, -0.2) is 4.98 Å². The van der Waals surface area contributed by atoms with Crippen molar-refractivity contribution in [3.05, 3.63) is 48.3 Å².